The van der Waals surface area contributed by atoms with Crippen LogP contribution in [-0.2, 0) is 0 Å². The molecule has 0 heterocycles. The Hall–Kier alpha value is -1.85. The van der Waals surface area contributed by atoms with Crippen LogP contribution in [0.3, 0.4) is 0 Å². The Kier molecular flexibility index (Phi) is 3.84. The first-order valence-electron chi connectivity index (χ1n) is 4.12. The van der Waals surface area contributed by atoms with Gasteiger partial charge >= 0.3 is 0 Å². The highest BCUT2D eigenvalue weighted by molar-refractivity contribution is 5.97. The number of oxime groups is 1. The summed E-state index contributed by atoms with van der Waals surface area (Å²) in [7, 11) is 0. The number of alkyl halides is 2. The third-order valence-electron chi connectivity index (χ3n) is 1.63. The second-order valence-corrected chi connectivity index (χ2v) is 2.71. The average molecular weight is 216 g/mol. The number of benzene rings is 1. The van der Waals surface area contributed by atoms with Crippen molar-refractivity contribution < 1.29 is 18.7 Å². The third kappa shape index (κ3) is 3.41. The van der Waals surface area contributed by atoms with E-state index < -0.39 is 13.0 Å². The van der Waals surface area contributed by atoms with Gasteiger partial charge in [-0.2, -0.15) is 0 Å². The van der Waals surface area contributed by atoms with Crippen LogP contribution in [0, 0.1) is 0 Å². The fraction of sp³-hybridized carbons (Fsp3) is 0.222. The fourth-order valence-corrected chi connectivity index (χ4v) is 0.939. The van der Waals surface area contributed by atoms with Gasteiger partial charge in [0.25, 0.3) is 6.43 Å². The van der Waals surface area contributed by atoms with Gasteiger partial charge in [0.15, 0.2) is 5.84 Å². The summed E-state index contributed by atoms with van der Waals surface area (Å²) in [6, 6.07) is 5.96. The molecule has 1 aromatic carbocycles. The number of rotatable bonds is 4. The molecular formula is C9H10F2N2O2. The largest absolute Gasteiger partial charge is 0.488 e. The summed E-state index contributed by atoms with van der Waals surface area (Å²) in [5.74, 6) is 0.264. The number of amidine groups is 1. The molecule has 0 aliphatic carbocycles. The van der Waals surface area contributed by atoms with Gasteiger partial charge in [0.1, 0.15) is 12.4 Å². The molecule has 0 unspecified atom stereocenters. The fourth-order valence-electron chi connectivity index (χ4n) is 0.939. The van der Waals surface area contributed by atoms with Crippen LogP contribution >= 0.6 is 0 Å². The van der Waals surface area contributed by atoms with Crippen molar-refractivity contribution >= 4 is 5.84 Å². The predicted molar refractivity (Wildman–Crippen MR) is 50.5 cm³/mol. The molecule has 4 nitrogen and oxygen atoms in total. The van der Waals surface area contributed by atoms with Crippen molar-refractivity contribution in [1.82, 2.24) is 0 Å². The summed E-state index contributed by atoms with van der Waals surface area (Å²) in [4.78, 5) is 0. The molecule has 1 aromatic rings. The van der Waals surface area contributed by atoms with E-state index in [9.17, 15) is 8.78 Å². The molecule has 0 spiro atoms. The minimum absolute atomic E-state index is 0.0459. The van der Waals surface area contributed by atoms with E-state index in [0.29, 0.717) is 11.3 Å². The Morgan fingerprint density at radius 3 is 2.47 bits per heavy atom. The summed E-state index contributed by atoms with van der Waals surface area (Å²) < 4.78 is 28.3. The number of hydrogen-bond acceptors (Lipinski definition) is 3. The number of hydrogen-bond donors (Lipinski definition) is 2. The summed E-state index contributed by atoms with van der Waals surface area (Å²) in [6.07, 6.45) is -2.51. The molecule has 0 bridgehead atoms. The third-order valence-corrected chi connectivity index (χ3v) is 1.63. The standard InChI is InChI=1S/C9H10F2N2O2/c10-8(11)5-15-7-3-1-6(2-4-7)9(12)13-14/h1-4,8,14H,5H2,(H2,12,13). The predicted octanol–water partition coefficient (Wildman–Crippen LogP) is 1.43. The number of nitrogens with two attached hydrogens (primary N) is 1. The highest BCUT2D eigenvalue weighted by Gasteiger charge is 2.04. The molecule has 0 aromatic heterocycles. The van der Waals surface area contributed by atoms with Crippen LogP contribution < -0.4 is 10.5 Å². The second-order valence-electron chi connectivity index (χ2n) is 2.71. The van der Waals surface area contributed by atoms with Gasteiger partial charge in [-0.3, -0.25) is 0 Å². The molecule has 0 radical (unpaired) electrons. The van der Waals surface area contributed by atoms with Crippen LogP contribution in [0.1, 0.15) is 5.56 Å². The lowest BCUT2D eigenvalue weighted by Gasteiger charge is -2.05. The maximum Gasteiger partial charge on any atom is 0.272 e. The number of nitrogens with zero attached hydrogens (tertiary/aromatic N) is 1. The molecule has 0 aliphatic rings. The van der Waals surface area contributed by atoms with Crippen molar-refractivity contribution in [2.24, 2.45) is 10.9 Å². The summed E-state index contributed by atoms with van der Waals surface area (Å²) in [6.45, 7) is -0.650. The topological polar surface area (TPSA) is 67.8 Å². The van der Waals surface area contributed by atoms with E-state index in [0.717, 1.165) is 0 Å². The van der Waals surface area contributed by atoms with E-state index in [1.807, 2.05) is 0 Å². The van der Waals surface area contributed by atoms with Crippen LogP contribution in [0.4, 0.5) is 8.78 Å². The van der Waals surface area contributed by atoms with Gasteiger partial charge in [-0.25, -0.2) is 8.78 Å². The maximum absolute atomic E-state index is 11.8. The zero-order chi connectivity index (χ0) is 11.3. The molecule has 0 saturated carbocycles. The molecule has 3 N–H and O–H groups in total. The molecule has 0 saturated heterocycles. The quantitative estimate of drug-likeness (QED) is 0.346. The first-order valence-corrected chi connectivity index (χ1v) is 4.12. The Labute approximate surface area is 85.0 Å². The van der Waals surface area contributed by atoms with Crippen molar-refractivity contribution in [3.63, 3.8) is 0 Å². The zero-order valence-corrected chi connectivity index (χ0v) is 7.73. The summed E-state index contributed by atoms with van der Waals surface area (Å²) >= 11 is 0. The van der Waals surface area contributed by atoms with Gasteiger partial charge < -0.3 is 15.7 Å². The molecule has 0 atom stereocenters. The van der Waals surface area contributed by atoms with E-state index >= 15 is 0 Å². The smallest absolute Gasteiger partial charge is 0.272 e. The molecule has 1 rings (SSSR count). The minimum Gasteiger partial charge on any atom is -0.488 e. The highest BCUT2D eigenvalue weighted by atomic mass is 19.3. The van der Waals surface area contributed by atoms with E-state index in [1.54, 1.807) is 0 Å². The van der Waals surface area contributed by atoms with Crippen molar-refractivity contribution in [3.05, 3.63) is 29.8 Å². The van der Waals surface area contributed by atoms with E-state index in [4.69, 9.17) is 15.7 Å². The SMILES string of the molecule is N/C(=N\O)c1ccc(OCC(F)F)cc1. The number of halogens is 2. The van der Waals surface area contributed by atoms with Crippen molar-refractivity contribution in [3.8, 4) is 5.75 Å². The van der Waals surface area contributed by atoms with Crippen LogP contribution in [0.5, 0.6) is 5.75 Å². The van der Waals surface area contributed by atoms with E-state index in [1.165, 1.54) is 24.3 Å². The lowest BCUT2D eigenvalue weighted by molar-refractivity contribution is 0.0819. The lowest BCUT2D eigenvalue weighted by Crippen LogP contribution is -2.13. The van der Waals surface area contributed by atoms with Gasteiger partial charge in [-0.15, -0.1) is 0 Å². The number of ether oxygens (including phenoxy) is 1. The Balaban J connectivity index is 2.64. The Morgan fingerprint density at radius 1 is 1.40 bits per heavy atom. The van der Waals surface area contributed by atoms with Gasteiger partial charge in [-0.1, -0.05) is 5.16 Å². The Bertz CT molecular complexity index is 338. The molecule has 0 aliphatic heterocycles. The molecular weight excluding hydrogens is 206 g/mol. The van der Waals surface area contributed by atoms with Crippen LogP contribution in [0.2, 0.25) is 0 Å². The molecule has 0 fully saturated rings. The molecule has 0 amide bonds. The van der Waals surface area contributed by atoms with E-state index in [-0.39, 0.29) is 5.84 Å². The Morgan fingerprint density at radius 2 is 2.00 bits per heavy atom. The van der Waals surface area contributed by atoms with Crippen LogP contribution in [-0.4, -0.2) is 24.1 Å². The maximum atomic E-state index is 11.8. The van der Waals surface area contributed by atoms with Gasteiger partial charge in [0, 0.05) is 5.56 Å². The normalized spacial score (nSPS) is 11.8. The van der Waals surface area contributed by atoms with Gasteiger partial charge in [0.2, 0.25) is 0 Å². The highest BCUT2D eigenvalue weighted by Crippen LogP contribution is 2.12. The van der Waals surface area contributed by atoms with E-state index in [2.05, 4.69) is 5.16 Å². The first-order chi connectivity index (χ1) is 7.13. The monoisotopic (exact) mass is 216 g/mol. The summed E-state index contributed by atoms with van der Waals surface area (Å²) in [5.41, 5.74) is 5.79. The average Bonchev–Trinajstić information content (AvgIpc) is 2.26. The lowest BCUT2D eigenvalue weighted by atomic mass is 10.2. The van der Waals surface area contributed by atoms with Crippen molar-refractivity contribution in [2.75, 3.05) is 6.61 Å². The van der Waals surface area contributed by atoms with Gasteiger partial charge in [0.05, 0.1) is 0 Å². The van der Waals surface area contributed by atoms with Crippen LogP contribution in [0.15, 0.2) is 29.4 Å². The second kappa shape index (κ2) is 5.14. The summed E-state index contributed by atoms with van der Waals surface area (Å²) in [5, 5.41) is 11.2. The van der Waals surface area contributed by atoms with Crippen molar-refractivity contribution in [2.45, 2.75) is 6.43 Å². The molecule has 15 heavy (non-hydrogen) atoms. The molecule has 82 valence electrons. The van der Waals surface area contributed by atoms with Crippen LogP contribution in [0.25, 0.3) is 0 Å². The first kappa shape index (κ1) is 11.2. The van der Waals surface area contributed by atoms with Crippen molar-refractivity contribution in [1.29, 1.82) is 0 Å². The van der Waals surface area contributed by atoms with Gasteiger partial charge in [-0.05, 0) is 24.3 Å². The minimum atomic E-state index is -2.51. The zero-order valence-electron chi connectivity index (χ0n) is 7.73. The molecule has 6 heteroatoms.